The molecule has 0 unspecified atom stereocenters. The van der Waals surface area contributed by atoms with Gasteiger partial charge in [-0.3, -0.25) is 4.72 Å². The first-order valence-corrected chi connectivity index (χ1v) is 8.26. The number of halogens is 2. The Morgan fingerprint density at radius 3 is 2.57 bits per heavy atom. The van der Waals surface area contributed by atoms with Crippen LogP contribution in [0.15, 0.2) is 45.8 Å². The number of nitrogens with two attached hydrogens (primary N) is 1. The Labute approximate surface area is 135 Å². The zero-order valence-corrected chi connectivity index (χ0v) is 13.6. The summed E-state index contributed by atoms with van der Waals surface area (Å²) in [6.07, 6.45) is 0. The Kier molecular flexibility index (Phi) is 4.42. The number of anilines is 2. The van der Waals surface area contributed by atoms with Crippen molar-refractivity contribution in [2.45, 2.75) is 4.90 Å². The molecule has 2 rings (SSSR count). The van der Waals surface area contributed by atoms with Crippen LogP contribution in [0.2, 0.25) is 5.02 Å². The predicted octanol–water partition coefficient (Wildman–Crippen LogP) is 3.36. The molecule has 2 aromatic rings. The maximum Gasteiger partial charge on any atom is 0.263 e. The summed E-state index contributed by atoms with van der Waals surface area (Å²) < 4.78 is 27.8. The number of sulfonamides is 1. The van der Waals surface area contributed by atoms with Crippen LogP contribution in [0.1, 0.15) is 5.56 Å². The first-order valence-electron chi connectivity index (χ1n) is 5.61. The van der Waals surface area contributed by atoms with Crippen molar-refractivity contribution in [1.29, 1.82) is 5.26 Å². The van der Waals surface area contributed by atoms with Crippen molar-refractivity contribution in [3.63, 3.8) is 0 Å². The summed E-state index contributed by atoms with van der Waals surface area (Å²) in [5, 5.41) is 8.87. The van der Waals surface area contributed by atoms with Crippen LogP contribution in [0.3, 0.4) is 0 Å². The molecule has 3 N–H and O–H groups in total. The Balaban J connectivity index is 2.46. The van der Waals surface area contributed by atoms with Crippen molar-refractivity contribution >= 4 is 48.9 Å². The molecule has 0 radical (unpaired) electrons. The van der Waals surface area contributed by atoms with E-state index in [1.54, 1.807) is 12.1 Å². The van der Waals surface area contributed by atoms with Crippen LogP contribution < -0.4 is 10.5 Å². The van der Waals surface area contributed by atoms with Gasteiger partial charge < -0.3 is 5.73 Å². The van der Waals surface area contributed by atoms with Crippen LogP contribution in [-0.2, 0) is 10.0 Å². The second-order valence-corrected chi connectivity index (χ2v) is 7.07. The van der Waals surface area contributed by atoms with Gasteiger partial charge in [-0.05, 0) is 36.4 Å². The highest BCUT2D eigenvalue weighted by molar-refractivity contribution is 9.10. The van der Waals surface area contributed by atoms with Crippen molar-refractivity contribution in [2.24, 2.45) is 0 Å². The van der Waals surface area contributed by atoms with Crippen LogP contribution in [0.25, 0.3) is 0 Å². The van der Waals surface area contributed by atoms with Crippen molar-refractivity contribution in [1.82, 2.24) is 0 Å². The van der Waals surface area contributed by atoms with Crippen molar-refractivity contribution in [2.75, 3.05) is 10.5 Å². The summed E-state index contributed by atoms with van der Waals surface area (Å²) in [5.41, 5.74) is 6.45. The van der Waals surface area contributed by atoms with E-state index in [2.05, 4.69) is 20.7 Å². The molecule has 0 aliphatic carbocycles. The summed E-state index contributed by atoms with van der Waals surface area (Å²) in [5.74, 6) is 0. The summed E-state index contributed by atoms with van der Waals surface area (Å²) in [6.45, 7) is 0. The third-order valence-electron chi connectivity index (χ3n) is 2.61. The Morgan fingerprint density at radius 1 is 1.24 bits per heavy atom. The summed E-state index contributed by atoms with van der Waals surface area (Å²) in [6, 6.07) is 10.6. The fourth-order valence-corrected chi connectivity index (χ4v) is 3.60. The highest BCUT2D eigenvalue weighted by atomic mass is 79.9. The lowest BCUT2D eigenvalue weighted by Crippen LogP contribution is -2.14. The molecule has 0 heterocycles. The first kappa shape index (κ1) is 15.6. The summed E-state index contributed by atoms with van der Waals surface area (Å²) >= 11 is 9.14. The lowest BCUT2D eigenvalue weighted by atomic mass is 10.2. The third-order valence-corrected chi connectivity index (χ3v) is 4.95. The molecule has 0 saturated carbocycles. The van der Waals surface area contributed by atoms with E-state index in [0.717, 1.165) is 4.47 Å². The number of nitriles is 1. The smallest absolute Gasteiger partial charge is 0.263 e. The predicted molar refractivity (Wildman–Crippen MR) is 85.5 cm³/mol. The molecule has 0 saturated heterocycles. The normalized spacial score (nSPS) is 10.9. The average molecular weight is 387 g/mol. The Hall–Kier alpha value is -1.75. The van der Waals surface area contributed by atoms with E-state index in [1.807, 2.05) is 6.07 Å². The standard InChI is InChI=1S/C13H9BrClN3O2S/c14-9-2-4-12(11(17)6-9)18-21(19,20)13-5-8(7-16)1-3-10(13)15/h1-6,18H,17H2. The first-order chi connectivity index (χ1) is 9.83. The third kappa shape index (κ3) is 3.47. The molecule has 0 aliphatic rings. The molecule has 0 atom stereocenters. The number of nitrogen functional groups attached to an aromatic ring is 1. The molecule has 21 heavy (non-hydrogen) atoms. The minimum atomic E-state index is -3.94. The fraction of sp³-hybridized carbons (Fsp3) is 0. The molecule has 0 aliphatic heterocycles. The molecule has 8 heteroatoms. The van der Waals surface area contributed by atoms with Crippen LogP contribution in [0.5, 0.6) is 0 Å². The van der Waals surface area contributed by atoms with E-state index >= 15 is 0 Å². The number of hydrogen-bond donors (Lipinski definition) is 2. The van der Waals surface area contributed by atoms with Gasteiger partial charge in [-0.1, -0.05) is 27.5 Å². The lowest BCUT2D eigenvalue weighted by molar-refractivity contribution is 0.601. The average Bonchev–Trinajstić information content (AvgIpc) is 2.42. The van der Waals surface area contributed by atoms with E-state index in [-0.39, 0.29) is 26.9 Å². The highest BCUT2D eigenvalue weighted by Crippen LogP contribution is 2.28. The summed E-state index contributed by atoms with van der Waals surface area (Å²) in [4.78, 5) is -0.175. The minimum Gasteiger partial charge on any atom is -0.397 e. The zero-order valence-electron chi connectivity index (χ0n) is 10.5. The molecule has 5 nitrogen and oxygen atoms in total. The van der Waals surface area contributed by atoms with Crippen LogP contribution in [0.4, 0.5) is 11.4 Å². The molecule has 0 spiro atoms. The molecule has 0 fully saturated rings. The quantitative estimate of drug-likeness (QED) is 0.791. The molecule has 108 valence electrons. The van der Waals surface area contributed by atoms with E-state index in [0.29, 0.717) is 0 Å². The minimum absolute atomic E-state index is 0.0252. The van der Waals surface area contributed by atoms with Crippen molar-refractivity contribution in [3.8, 4) is 6.07 Å². The maximum atomic E-state index is 12.4. The van der Waals surface area contributed by atoms with E-state index in [9.17, 15) is 8.42 Å². The molecule has 0 aromatic heterocycles. The van der Waals surface area contributed by atoms with Gasteiger partial charge in [0.1, 0.15) is 4.90 Å². The largest absolute Gasteiger partial charge is 0.397 e. The van der Waals surface area contributed by atoms with Crippen LogP contribution in [0, 0.1) is 11.3 Å². The van der Waals surface area contributed by atoms with Crippen molar-refractivity contribution < 1.29 is 8.42 Å². The number of hydrogen-bond acceptors (Lipinski definition) is 4. The molecular weight excluding hydrogens is 378 g/mol. The van der Waals surface area contributed by atoms with Gasteiger partial charge in [-0.25, -0.2) is 8.42 Å². The number of rotatable bonds is 3. The Bertz CT molecular complexity index is 847. The van der Waals surface area contributed by atoms with Gasteiger partial charge in [0.2, 0.25) is 0 Å². The lowest BCUT2D eigenvalue weighted by Gasteiger charge is -2.12. The molecule has 2 aromatic carbocycles. The maximum absolute atomic E-state index is 12.4. The van der Waals surface area contributed by atoms with Gasteiger partial charge in [-0.2, -0.15) is 5.26 Å². The van der Waals surface area contributed by atoms with Crippen molar-refractivity contribution in [3.05, 3.63) is 51.5 Å². The Morgan fingerprint density at radius 2 is 1.95 bits per heavy atom. The monoisotopic (exact) mass is 385 g/mol. The van der Waals surface area contributed by atoms with Gasteiger partial charge in [-0.15, -0.1) is 0 Å². The van der Waals surface area contributed by atoms with Crippen LogP contribution >= 0.6 is 27.5 Å². The topological polar surface area (TPSA) is 96.0 Å². The molecule has 0 amide bonds. The molecular formula is C13H9BrClN3O2S. The highest BCUT2D eigenvalue weighted by Gasteiger charge is 2.19. The fourth-order valence-electron chi connectivity index (χ4n) is 1.61. The molecule has 0 bridgehead atoms. The van der Waals surface area contributed by atoms with Gasteiger partial charge >= 0.3 is 0 Å². The summed E-state index contributed by atoms with van der Waals surface area (Å²) in [7, 11) is -3.94. The number of nitrogens with one attached hydrogen (secondary N) is 1. The van der Waals surface area contributed by atoms with Gasteiger partial charge in [0.05, 0.1) is 28.0 Å². The van der Waals surface area contributed by atoms with Gasteiger partial charge in [0.25, 0.3) is 10.0 Å². The van der Waals surface area contributed by atoms with Gasteiger partial charge in [0, 0.05) is 4.47 Å². The zero-order chi connectivity index (χ0) is 15.6. The van der Waals surface area contributed by atoms with E-state index in [1.165, 1.54) is 24.3 Å². The van der Waals surface area contributed by atoms with E-state index in [4.69, 9.17) is 22.6 Å². The van der Waals surface area contributed by atoms with E-state index < -0.39 is 10.0 Å². The number of benzene rings is 2. The number of nitrogens with zero attached hydrogens (tertiary/aromatic N) is 1. The van der Waals surface area contributed by atoms with Crippen LogP contribution in [-0.4, -0.2) is 8.42 Å². The second kappa shape index (κ2) is 5.93. The second-order valence-electron chi connectivity index (χ2n) is 4.09. The van der Waals surface area contributed by atoms with Gasteiger partial charge in [0.15, 0.2) is 0 Å². The SMILES string of the molecule is N#Cc1ccc(Cl)c(S(=O)(=O)Nc2ccc(Br)cc2N)c1.